The molecular weight excluding hydrogens is 294 g/mol. The third-order valence-corrected chi connectivity index (χ3v) is 5.37. The van der Waals surface area contributed by atoms with Gasteiger partial charge in [0.25, 0.3) is 0 Å². The van der Waals surface area contributed by atoms with Crippen LogP contribution in [0.15, 0.2) is 29.4 Å². The lowest BCUT2D eigenvalue weighted by Crippen LogP contribution is -2.47. The minimum Gasteiger partial charge on any atom is -0.386 e. The van der Waals surface area contributed by atoms with Gasteiger partial charge >= 0.3 is 0 Å². The number of hydrogen-bond donors (Lipinski definition) is 3. The van der Waals surface area contributed by atoms with Crippen molar-refractivity contribution in [3.05, 3.63) is 24.5 Å². The van der Waals surface area contributed by atoms with E-state index in [1.807, 2.05) is 0 Å². The summed E-state index contributed by atoms with van der Waals surface area (Å²) in [5, 5.41) is 10.9. The maximum absolute atomic E-state index is 12.4. The first-order chi connectivity index (χ1) is 9.92. The Morgan fingerprint density at radius 3 is 3.14 bits per heavy atom. The normalized spacial score (nSPS) is 26.5. The number of rotatable bonds is 4. The minimum absolute atomic E-state index is 0.0799. The molecule has 2 aromatic heterocycles. The van der Waals surface area contributed by atoms with Crippen LogP contribution in [0.3, 0.4) is 0 Å². The van der Waals surface area contributed by atoms with Gasteiger partial charge in [-0.3, -0.25) is 0 Å². The van der Waals surface area contributed by atoms with E-state index in [1.54, 1.807) is 25.3 Å². The summed E-state index contributed by atoms with van der Waals surface area (Å²) in [6.45, 7) is 2.08. The monoisotopic (exact) mass is 311 g/mol. The van der Waals surface area contributed by atoms with Crippen LogP contribution >= 0.6 is 0 Å². The lowest BCUT2D eigenvalue weighted by Gasteiger charge is -2.25. The summed E-state index contributed by atoms with van der Waals surface area (Å²) in [6.07, 6.45) is 3.00. The standard InChI is InChI=1S/C13H17N3O4S/c1-9-13(17,4-6-20-9)8-16-21(18,19)11-7-15-12-10(11)3-2-5-14-12/h2-3,5,7,9,16-17H,4,6,8H2,1H3,(H,14,15). The number of hydrogen-bond acceptors (Lipinski definition) is 5. The quantitative estimate of drug-likeness (QED) is 0.757. The van der Waals surface area contributed by atoms with E-state index in [-0.39, 0.29) is 11.4 Å². The van der Waals surface area contributed by atoms with Gasteiger partial charge in [0.1, 0.15) is 16.1 Å². The highest BCUT2D eigenvalue weighted by Crippen LogP contribution is 2.26. The smallest absolute Gasteiger partial charge is 0.242 e. The first kappa shape index (κ1) is 14.5. The van der Waals surface area contributed by atoms with Crippen LogP contribution in [0.25, 0.3) is 11.0 Å². The number of aliphatic hydroxyl groups is 1. The Hall–Kier alpha value is -1.48. The van der Waals surface area contributed by atoms with Crippen LogP contribution in [-0.4, -0.2) is 48.3 Å². The van der Waals surface area contributed by atoms with Gasteiger partial charge in [0.15, 0.2) is 0 Å². The average Bonchev–Trinajstić information content (AvgIpc) is 3.02. The molecule has 1 saturated heterocycles. The highest BCUT2D eigenvalue weighted by Gasteiger charge is 2.40. The highest BCUT2D eigenvalue weighted by atomic mass is 32.2. The number of sulfonamides is 1. The number of nitrogens with zero attached hydrogens (tertiary/aromatic N) is 1. The summed E-state index contributed by atoms with van der Waals surface area (Å²) in [7, 11) is -3.73. The minimum atomic E-state index is -3.73. The van der Waals surface area contributed by atoms with E-state index in [4.69, 9.17) is 4.74 Å². The summed E-state index contributed by atoms with van der Waals surface area (Å²) in [4.78, 5) is 7.01. The molecule has 1 fully saturated rings. The Balaban J connectivity index is 1.84. The summed E-state index contributed by atoms with van der Waals surface area (Å²) in [5.41, 5.74) is -0.661. The summed E-state index contributed by atoms with van der Waals surface area (Å²) in [5.74, 6) is 0. The maximum atomic E-state index is 12.4. The molecular formula is C13H17N3O4S. The van der Waals surface area contributed by atoms with Crippen molar-refractivity contribution < 1.29 is 18.3 Å². The molecule has 2 aromatic rings. The molecule has 1 aliphatic heterocycles. The molecule has 7 nitrogen and oxygen atoms in total. The van der Waals surface area contributed by atoms with Gasteiger partial charge in [-0.2, -0.15) is 0 Å². The Kier molecular flexibility index (Phi) is 3.48. The first-order valence-electron chi connectivity index (χ1n) is 6.68. The third kappa shape index (κ3) is 2.55. The van der Waals surface area contributed by atoms with Gasteiger partial charge in [0.2, 0.25) is 10.0 Å². The second-order valence-corrected chi connectivity index (χ2v) is 6.98. The van der Waals surface area contributed by atoms with E-state index in [9.17, 15) is 13.5 Å². The molecule has 2 unspecified atom stereocenters. The van der Waals surface area contributed by atoms with E-state index >= 15 is 0 Å². The van der Waals surface area contributed by atoms with Gasteiger partial charge in [-0.1, -0.05) is 0 Å². The molecule has 0 spiro atoms. The zero-order valence-electron chi connectivity index (χ0n) is 11.5. The SMILES string of the molecule is CC1OCCC1(O)CNS(=O)(=O)c1c[nH]c2ncccc12. The molecule has 0 aromatic carbocycles. The number of ether oxygens (including phenoxy) is 1. The van der Waals surface area contributed by atoms with Crippen molar-refractivity contribution in [2.45, 2.75) is 29.9 Å². The fraction of sp³-hybridized carbons (Fsp3) is 0.462. The van der Waals surface area contributed by atoms with Crippen molar-refractivity contribution in [3.63, 3.8) is 0 Å². The Morgan fingerprint density at radius 2 is 2.43 bits per heavy atom. The predicted octanol–water partition coefficient (Wildman–Crippen LogP) is 0.381. The highest BCUT2D eigenvalue weighted by molar-refractivity contribution is 7.89. The first-order valence-corrected chi connectivity index (χ1v) is 8.16. The van der Waals surface area contributed by atoms with Crippen LogP contribution in [0.2, 0.25) is 0 Å². The van der Waals surface area contributed by atoms with Crippen LogP contribution in [-0.2, 0) is 14.8 Å². The number of nitrogens with one attached hydrogen (secondary N) is 2. The molecule has 2 atom stereocenters. The van der Waals surface area contributed by atoms with E-state index in [1.165, 1.54) is 6.20 Å². The molecule has 0 amide bonds. The van der Waals surface area contributed by atoms with Crippen LogP contribution < -0.4 is 4.72 Å². The Bertz CT molecular complexity index is 758. The molecule has 0 aliphatic carbocycles. The third-order valence-electron chi connectivity index (χ3n) is 3.93. The van der Waals surface area contributed by atoms with Gasteiger partial charge < -0.3 is 14.8 Å². The maximum Gasteiger partial charge on any atom is 0.242 e. The van der Waals surface area contributed by atoms with E-state index in [0.717, 1.165) is 0 Å². The number of fused-ring (bicyclic) bond motifs is 1. The molecule has 114 valence electrons. The fourth-order valence-corrected chi connectivity index (χ4v) is 3.72. The van der Waals surface area contributed by atoms with Crippen LogP contribution in [0, 0.1) is 0 Å². The molecule has 21 heavy (non-hydrogen) atoms. The van der Waals surface area contributed by atoms with Gasteiger partial charge in [0.05, 0.1) is 6.10 Å². The topological polar surface area (TPSA) is 104 Å². The molecule has 3 rings (SSSR count). The molecule has 0 bridgehead atoms. The largest absolute Gasteiger partial charge is 0.386 e. The zero-order chi connectivity index (χ0) is 15.1. The van der Waals surface area contributed by atoms with Crippen molar-refractivity contribution in [1.82, 2.24) is 14.7 Å². The second kappa shape index (κ2) is 5.06. The van der Waals surface area contributed by atoms with Gasteiger partial charge in [-0.05, 0) is 19.1 Å². The number of H-pyrrole nitrogens is 1. The van der Waals surface area contributed by atoms with Crippen molar-refractivity contribution in [2.75, 3.05) is 13.2 Å². The van der Waals surface area contributed by atoms with Crippen molar-refractivity contribution >= 4 is 21.1 Å². The van der Waals surface area contributed by atoms with Crippen LogP contribution in [0.5, 0.6) is 0 Å². The molecule has 0 saturated carbocycles. The van der Waals surface area contributed by atoms with Crippen LogP contribution in [0.1, 0.15) is 13.3 Å². The van der Waals surface area contributed by atoms with E-state index in [0.29, 0.717) is 24.1 Å². The Labute approximate surface area is 122 Å². The number of aromatic amines is 1. The summed E-state index contributed by atoms with van der Waals surface area (Å²) < 4.78 is 32.6. The number of pyridine rings is 1. The van der Waals surface area contributed by atoms with Crippen molar-refractivity contribution in [2.24, 2.45) is 0 Å². The van der Waals surface area contributed by atoms with Crippen molar-refractivity contribution in [3.8, 4) is 0 Å². The Morgan fingerprint density at radius 1 is 1.62 bits per heavy atom. The lowest BCUT2D eigenvalue weighted by atomic mass is 9.97. The van der Waals surface area contributed by atoms with Gasteiger partial charge in [0, 0.05) is 37.4 Å². The van der Waals surface area contributed by atoms with Gasteiger partial charge in [-0.25, -0.2) is 18.1 Å². The predicted molar refractivity (Wildman–Crippen MR) is 76.3 cm³/mol. The average molecular weight is 311 g/mol. The molecule has 1 aliphatic rings. The zero-order valence-corrected chi connectivity index (χ0v) is 12.4. The summed E-state index contributed by atoms with van der Waals surface area (Å²) in [6, 6.07) is 3.36. The molecule has 0 radical (unpaired) electrons. The number of aromatic nitrogens is 2. The van der Waals surface area contributed by atoms with E-state index < -0.39 is 21.7 Å². The van der Waals surface area contributed by atoms with Gasteiger partial charge in [-0.15, -0.1) is 0 Å². The molecule has 3 heterocycles. The van der Waals surface area contributed by atoms with Crippen molar-refractivity contribution in [1.29, 1.82) is 0 Å². The fourth-order valence-electron chi connectivity index (χ4n) is 2.45. The van der Waals surface area contributed by atoms with E-state index in [2.05, 4.69) is 14.7 Å². The second-order valence-electron chi connectivity index (χ2n) is 5.24. The molecule has 3 N–H and O–H groups in total. The molecule has 8 heteroatoms. The van der Waals surface area contributed by atoms with Crippen LogP contribution in [0.4, 0.5) is 0 Å². The lowest BCUT2D eigenvalue weighted by molar-refractivity contribution is -0.0228. The summed E-state index contributed by atoms with van der Waals surface area (Å²) >= 11 is 0.